The molecule has 1 amide bonds. The zero-order chi connectivity index (χ0) is 11.7. The highest BCUT2D eigenvalue weighted by Gasteiger charge is 2.24. The van der Waals surface area contributed by atoms with Crippen molar-refractivity contribution in [3.8, 4) is 5.75 Å². The van der Waals surface area contributed by atoms with Crippen LogP contribution in [0.1, 0.15) is 5.56 Å². The lowest BCUT2D eigenvalue weighted by Crippen LogP contribution is -2.08. The molecule has 1 aromatic rings. The zero-order valence-corrected chi connectivity index (χ0v) is 9.57. The Hall–Kier alpha value is -1.97. The maximum Gasteiger partial charge on any atom is 0.257 e. The number of anilines is 1. The van der Waals surface area contributed by atoms with E-state index in [4.69, 9.17) is 4.74 Å². The van der Waals surface area contributed by atoms with Gasteiger partial charge in [-0.25, -0.2) is 0 Å². The number of benzene rings is 1. The molecule has 4 heteroatoms. The quantitative estimate of drug-likeness (QED) is 0.766. The molecular formula is C12H14N2O2. The molecule has 1 aliphatic heterocycles. The number of nitrogens with one attached hydrogen (secondary N) is 1. The summed E-state index contributed by atoms with van der Waals surface area (Å²) in [6.45, 7) is 0. The predicted octanol–water partition coefficient (Wildman–Crippen LogP) is 1.55. The number of nitrogens with zero attached hydrogens (tertiary/aromatic N) is 1. The van der Waals surface area contributed by atoms with Gasteiger partial charge < -0.3 is 15.0 Å². The molecule has 0 aromatic heterocycles. The highest BCUT2D eigenvalue weighted by Crippen LogP contribution is 2.34. The minimum absolute atomic E-state index is 0.0723. The van der Waals surface area contributed by atoms with Crippen molar-refractivity contribution in [2.75, 3.05) is 26.5 Å². The third-order valence-electron chi connectivity index (χ3n) is 2.40. The summed E-state index contributed by atoms with van der Waals surface area (Å²) >= 11 is 0. The van der Waals surface area contributed by atoms with Crippen molar-refractivity contribution >= 4 is 17.2 Å². The van der Waals surface area contributed by atoms with Gasteiger partial charge in [-0.15, -0.1) is 0 Å². The molecule has 0 atom stereocenters. The van der Waals surface area contributed by atoms with Gasteiger partial charge in [-0.3, -0.25) is 4.79 Å². The molecule has 0 fully saturated rings. The Morgan fingerprint density at radius 1 is 1.38 bits per heavy atom. The molecule has 0 unspecified atom stereocenters. The Bertz CT molecular complexity index is 464. The van der Waals surface area contributed by atoms with Crippen LogP contribution in [0.3, 0.4) is 0 Å². The fourth-order valence-corrected chi connectivity index (χ4v) is 1.68. The standard InChI is InChI=1S/C12H14N2O2/c1-14(2)7-10-9-6-8(16-3)4-5-11(9)13-12(10)15/h4-7H,1-3H3,(H,13,15)/b10-7-. The molecule has 2 rings (SSSR count). The van der Waals surface area contributed by atoms with Gasteiger partial charge in [0.05, 0.1) is 12.7 Å². The summed E-state index contributed by atoms with van der Waals surface area (Å²) in [7, 11) is 5.39. The summed E-state index contributed by atoms with van der Waals surface area (Å²) in [5.41, 5.74) is 2.39. The Labute approximate surface area is 94.5 Å². The minimum atomic E-state index is -0.0723. The van der Waals surface area contributed by atoms with Crippen molar-refractivity contribution in [1.29, 1.82) is 0 Å². The molecule has 0 spiro atoms. The van der Waals surface area contributed by atoms with Crippen LogP contribution < -0.4 is 10.1 Å². The van der Waals surface area contributed by atoms with Gasteiger partial charge >= 0.3 is 0 Å². The summed E-state index contributed by atoms with van der Waals surface area (Å²) in [6.07, 6.45) is 1.81. The van der Waals surface area contributed by atoms with Crippen molar-refractivity contribution < 1.29 is 9.53 Å². The fourth-order valence-electron chi connectivity index (χ4n) is 1.68. The largest absolute Gasteiger partial charge is 0.497 e. The van der Waals surface area contributed by atoms with Crippen LogP contribution in [0.2, 0.25) is 0 Å². The number of amides is 1. The molecule has 1 aliphatic rings. The van der Waals surface area contributed by atoms with Gasteiger partial charge in [0.15, 0.2) is 0 Å². The summed E-state index contributed by atoms with van der Waals surface area (Å²) in [4.78, 5) is 13.6. The Kier molecular flexibility index (Phi) is 2.56. The van der Waals surface area contributed by atoms with Gasteiger partial charge in [0.2, 0.25) is 0 Å². The van der Waals surface area contributed by atoms with Crippen molar-refractivity contribution in [1.82, 2.24) is 4.90 Å². The van der Waals surface area contributed by atoms with Crippen LogP contribution in [0.15, 0.2) is 24.4 Å². The Morgan fingerprint density at radius 3 is 2.75 bits per heavy atom. The number of carbonyl (C=O) groups is 1. The normalized spacial score (nSPS) is 15.9. The van der Waals surface area contributed by atoms with Crippen LogP contribution in [-0.2, 0) is 4.79 Å². The molecule has 1 aromatic carbocycles. The van der Waals surface area contributed by atoms with E-state index >= 15 is 0 Å². The van der Waals surface area contributed by atoms with Gasteiger partial charge in [0, 0.05) is 31.5 Å². The van der Waals surface area contributed by atoms with E-state index in [0.29, 0.717) is 5.57 Å². The minimum Gasteiger partial charge on any atom is -0.497 e. The highest BCUT2D eigenvalue weighted by atomic mass is 16.5. The zero-order valence-electron chi connectivity index (χ0n) is 9.57. The van der Waals surface area contributed by atoms with E-state index in [1.807, 2.05) is 37.2 Å². The second kappa shape index (κ2) is 3.89. The lowest BCUT2D eigenvalue weighted by molar-refractivity contribution is -0.110. The van der Waals surface area contributed by atoms with Crippen LogP contribution in [0, 0.1) is 0 Å². The molecule has 16 heavy (non-hydrogen) atoms. The molecular weight excluding hydrogens is 204 g/mol. The number of ether oxygens (including phenoxy) is 1. The Morgan fingerprint density at radius 2 is 2.12 bits per heavy atom. The van der Waals surface area contributed by atoms with Crippen LogP contribution in [-0.4, -0.2) is 32.0 Å². The van der Waals surface area contributed by atoms with Gasteiger partial charge in [-0.1, -0.05) is 0 Å². The fraction of sp³-hybridized carbons (Fsp3) is 0.250. The van der Waals surface area contributed by atoms with E-state index in [2.05, 4.69) is 5.32 Å². The average molecular weight is 218 g/mol. The van der Waals surface area contributed by atoms with Gasteiger partial charge in [0.1, 0.15) is 5.75 Å². The van der Waals surface area contributed by atoms with Crippen LogP contribution in [0.25, 0.3) is 5.57 Å². The second-order valence-corrected chi connectivity index (χ2v) is 3.87. The van der Waals surface area contributed by atoms with Crippen LogP contribution in [0.4, 0.5) is 5.69 Å². The van der Waals surface area contributed by atoms with Crippen LogP contribution >= 0.6 is 0 Å². The third-order valence-corrected chi connectivity index (χ3v) is 2.40. The van der Waals surface area contributed by atoms with E-state index in [0.717, 1.165) is 17.0 Å². The molecule has 0 aliphatic carbocycles. The SMILES string of the molecule is COc1ccc2c(c1)/C(=C/N(C)C)C(=O)N2. The van der Waals surface area contributed by atoms with Gasteiger partial charge in [-0.2, -0.15) is 0 Å². The number of fused-ring (bicyclic) bond motifs is 1. The molecule has 0 bridgehead atoms. The molecule has 0 saturated heterocycles. The van der Waals surface area contributed by atoms with Gasteiger partial charge in [-0.05, 0) is 18.2 Å². The van der Waals surface area contributed by atoms with E-state index in [-0.39, 0.29) is 5.91 Å². The molecule has 84 valence electrons. The monoisotopic (exact) mass is 218 g/mol. The summed E-state index contributed by atoms with van der Waals surface area (Å²) in [5, 5.41) is 2.81. The average Bonchev–Trinajstić information content (AvgIpc) is 2.54. The highest BCUT2D eigenvalue weighted by molar-refractivity contribution is 6.31. The smallest absolute Gasteiger partial charge is 0.257 e. The van der Waals surface area contributed by atoms with Crippen molar-refractivity contribution in [3.05, 3.63) is 30.0 Å². The van der Waals surface area contributed by atoms with Crippen molar-refractivity contribution in [2.24, 2.45) is 0 Å². The molecule has 1 heterocycles. The molecule has 0 radical (unpaired) electrons. The first kappa shape index (κ1) is 10.5. The maximum absolute atomic E-state index is 11.7. The topological polar surface area (TPSA) is 41.6 Å². The second-order valence-electron chi connectivity index (χ2n) is 3.87. The van der Waals surface area contributed by atoms with E-state index in [1.54, 1.807) is 13.3 Å². The maximum atomic E-state index is 11.7. The van der Waals surface area contributed by atoms with Crippen LogP contribution in [0.5, 0.6) is 5.75 Å². The number of hydrogen-bond donors (Lipinski definition) is 1. The lowest BCUT2D eigenvalue weighted by Gasteiger charge is -2.07. The molecule has 0 saturated carbocycles. The number of methoxy groups -OCH3 is 1. The van der Waals surface area contributed by atoms with Gasteiger partial charge in [0.25, 0.3) is 5.91 Å². The summed E-state index contributed by atoms with van der Waals surface area (Å²) in [6, 6.07) is 5.54. The first-order valence-corrected chi connectivity index (χ1v) is 5.00. The van der Waals surface area contributed by atoms with E-state index in [9.17, 15) is 4.79 Å². The van der Waals surface area contributed by atoms with Crippen molar-refractivity contribution in [3.63, 3.8) is 0 Å². The number of hydrogen-bond acceptors (Lipinski definition) is 3. The first-order valence-electron chi connectivity index (χ1n) is 5.00. The summed E-state index contributed by atoms with van der Waals surface area (Å²) < 4.78 is 5.15. The summed E-state index contributed by atoms with van der Waals surface area (Å²) in [5.74, 6) is 0.678. The Balaban J connectivity index is 2.50. The third kappa shape index (κ3) is 1.74. The number of rotatable bonds is 2. The van der Waals surface area contributed by atoms with E-state index < -0.39 is 0 Å². The van der Waals surface area contributed by atoms with E-state index in [1.165, 1.54) is 0 Å². The molecule has 1 N–H and O–H groups in total. The first-order chi connectivity index (χ1) is 7.61. The number of carbonyl (C=O) groups excluding carboxylic acids is 1. The predicted molar refractivity (Wildman–Crippen MR) is 63.3 cm³/mol. The molecule has 4 nitrogen and oxygen atoms in total. The lowest BCUT2D eigenvalue weighted by atomic mass is 10.1. The van der Waals surface area contributed by atoms with Crippen molar-refractivity contribution in [2.45, 2.75) is 0 Å².